The Kier molecular flexibility index (Phi) is 5.41. The van der Waals surface area contributed by atoms with Crippen LogP contribution in [0.25, 0.3) is 10.2 Å². The van der Waals surface area contributed by atoms with Gasteiger partial charge in [-0.3, -0.25) is 14.9 Å². The van der Waals surface area contributed by atoms with E-state index < -0.39 is 41.3 Å². The van der Waals surface area contributed by atoms with E-state index in [2.05, 4.69) is 25.6 Å². The molecule has 10 nitrogen and oxygen atoms in total. The van der Waals surface area contributed by atoms with E-state index in [-0.39, 0.29) is 18.0 Å². The van der Waals surface area contributed by atoms with Gasteiger partial charge in [0.05, 0.1) is 16.5 Å². The number of ether oxygens (including phenoxy) is 1. The Labute approximate surface area is 178 Å². The predicted octanol–water partition coefficient (Wildman–Crippen LogP) is 1.46. The smallest absolute Gasteiger partial charge is 0.336 e. The topological polar surface area (TPSA) is 150 Å². The average Bonchev–Trinajstić information content (AvgIpc) is 3.21. The van der Waals surface area contributed by atoms with Crippen LogP contribution in [-0.4, -0.2) is 55.6 Å². The van der Waals surface area contributed by atoms with Crippen LogP contribution in [-0.2, 0) is 25.5 Å². The third-order valence-corrected chi connectivity index (χ3v) is 5.95. The van der Waals surface area contributed by atoms with E-state index in [4.69, 9.17) is 9.84 Å². The third-order valence-electron chi connectivity index (χ3n) is 5.01. The van der Waals surface area contributed by atoms with Gasteiger partial charge < -0.3 is 20.1 Å². The van der Waals surface area contributed by atoms with Gasteiger partial charge in [0, 0.05) is 18.3 Å². The molecule has 1 fully saturated rings. The van der Waals surface area contributed by atoms with Crippen molar-refractivity contribution in [3.63, 3.8) is 0 Å². The first kappa shape index (κ1) is 20.9. The van der Waals surface area contributed by atoms with Crippen molar-refractivity contribution in [2.45, 2.75) is 37.5 Å². The molecule has 12 heteroatoms. The van der Waals surface area contributed by atoms with Crippen molar-refractivity contribution in [3.05, 3.63) is 42.2 Å². The number of epoxide rings is 1. The molecule has 0 spiro atoms. The van der Waals surface area contributed by atoms with Gasteiger partial charge >= 0.3 is 5.97 Å². The fraction of sp³-hybridized carbons (Fsp3) is 0.316. The summed E-state index contributed by atoms with van der Waals surface area (Å²) in [5.74, 6) is -2.91. The summed E-state index contributed by atoms with van der Waals surface area (Å²) in [7, 11) is 0. The summed E-state index contributed by atoms with van der Waals surface area (Å²) in [6.07, 6.45) is 0.839. The van der Waals surface area contributed by atoms with Crippen LogP contribution in [0.1, 0.15) is 19.0 Å². The maximum absolute atomic E-state index is 13.5. The van der Waals surface area contributed by atoms with Gasteiger partial charge in [0.2, 0.25) is 0 Å². The zero-order valence-corrected chi connectivity index (χ0v) is 17.0. The largest absolute Gasteiger partial charge is 0.479 e. The quantitative estimate of drug-likeness (QED) is 0.382. The number of fused-ring (bicyclic) bond motifs is 1. The van der Waals surface area contributed by atoms with Gasteiger partial charge in [0.25, 0.3) is 11.8 Å². The fourth-order valence-electron chi connectivity index (χ4n) is 3.24. The Balaban J connectivity index is 1.59. The lowest BCUT2D eigenvalue weighted by atomic mass is 9.89. The number of amides is 2. The van der Waals surface area contributed by atoms with E-state index in [0.717, 1.165) is 11.3 Å². The van der Waals surface area contributed by atoms with E-state index in [0.29, 0.717) is 15.9 Å². The number of carbonyl (C=O) groups excluding carboxylic acids is 2. The zero-order valence-electron chi connectivity index (χ0n) is 16.2. The van der Waals surface area contributed by atoms with Crippen LogP contribution in [0.5, 0.6) is 0 Å². The highest BCUT2D eigenvalue weighted by atomic mass is 32.1. The van der Waals surface area contributed by atoms with Crippen molar-refractivity contribution in [3.8, 4) is 0 Å². The third kappa shape index (κ3) is 4.25. The second-order valence-corrected chi connectivity index (χ2v) is 8.11. The van der Waals surface area contributed by atoms with E-state index in [9.17, 15) is 18.8 Å². The molecule has 2 aromatic heterocycles. The van der Waals surface area contributed by atoms with Gasteiger partial charge in [0.1, 0.15) is 11.4 Å². The van der Waals surface area contributed by atoms with E-state index in [1.165, 1.54) is 30.7 Å². The Bertz CT molecular complexity index is 1150. The number of aromatic amines is 1. The van der Waals surface area contributed by atoms with Gasteiger partial charge in [-0.15, -0.1) is 0 Å². The number of anilines is 1. The zero-order chi connectivity index (χ0) is 22.2. The first-order valence-electron chi connectivity index (χ1n) is 9.36. The van der Waals surface area contributed by atoms with Crippen molar-refractivity contribution in [1.29, 1.82) is 0 Å². The maximum atomic E-state index is 13.5. The van der Waals surface area contributed by atoms with Gasteiger partial charge in [-0.2, -0.15) is 0 Å². The number of hydrogen-bond donors (Lipinski definition) is 4. The van der Waals surface area contributed by atoms with E-state index in [1.54, 1.807) is 6.92 Å². The molecule has 1 saturated heterocycles. The number of halogens is 1. The second kappa shape index (κ2) is 8.04. The first-order chi connectivity index (χ1) is 14.8. The highest BCUT2D eigenvalue weighted by Gasteiger charge is 2.53. The molecule has 4 N–H and O–H groups in total. The number of nitrogens with one attached hydrogen (secondary N) is 3. The summed E-state index contributed by atoms with van der Waals surface area (Å²) in [5.41, 5.74) is -0.311. The van der Waals surface area contributed by atoms with Crippen molar-refractivity contribution >= 4 is 44.5 Å². The number of carboxylic acid groups (broad SMARTS) is 1. The number of nitrogens with zero attached hydrogens (tertiary/aromatic N) is 2. The Morgan fingerprint density at radius 2 is 2.16 bits per heavy atom. The highest BCUT2D eigenvalue weighted by Crippen LogP contribution is 2.29. The summed E-state index contributed by atoms with van der Waals surface area (Å²) >= 11 is 1.10. The molecule has 2 amide bonds. The molecule has 3 aromatic rings. The van der Waals surface area contributed by atoms with Crippen LogP contribution in [0.2, 0.25) is 0 Å². The SMILES string of the molecule is CCC(Cc1cnc[nH]1)(NC(=O)C1OC1C(=O)O)C(=O)Nc1nc2ccc(F)cc2s1. The highest BCUT2D eigenvalue weighted by molar-refractivity contribution is 7.22. The molecule has 0 bridgehead atoms. The fourth-order valence-corrected chi connectivity index (χ4v) is 4.12. The van der Waals surface area contributed by atoms with Crippen LogP contribution in [0.3, 0.4) is 0 Å². The normalized spacial score (nSPS) is 19.5. The van der Waals surface area contributed by atoms with Gasteiger partial charge in [-0.05, 0) is 24.6 Å². The lowest BCUT2D eigenvalue weighted by Gasteiger charge is -2.31. The minimum absolute atomic E-state index is 0.0745. The van der Waals surface area contributed by atoms with Crippen LogP contribution < -0.4 is 10.6 Å². The molecule has 1 aliphatic heterocycles. The number of benzene rings is 1. The van der Waals surface area contributed by atoms with Crippen LogP contribution in [0.4, 0.5) is 9.52 Å². The van der Waals surface area contributed by atoms with Crippen LogP contribution in [0.15, 0.2) is 30.7 Å². The lowest BCUT2D eigenvalue weighted by Crippen LogP contribution is -2.59. The van der Waals surface area contributed by atoms with Crippen molar-refractivity contribution in [2.24, 2.45) is 0 Å². The number of aromatic nitrogens is 3. The first-order valence-corrected chi connectivity index (χ1v) is 10.2. The molecule has 3 unspecified atom stereocenters. The number of thiazole rings is 1. The number of carboxylic acids is 1. The molecule has 31 heavy (non-hydrogen) atoms. The Morgan fingerprint density at radius 3 is 2.81 bits per heavy atom. The molecule has 4 rings (SSSR count). The average molecular weight is 447 g/mol. The molecular formula is C19H18FN5O5S. The summed E-state index contributed by atoms with van der Waals surface area (Å²) < 4.78 is 18.9. The number of H-pyrrole nitrogens is 1. The van der Waals surface area contributed by atoms with E-state index in [1.807, 2.05) is 0 Å². The van der Waals surface area contributed by atoms with Gasteiger partial charge in [0.15, 0.2) is 17.3 Å². The maximum Gasteiger partial charge on any atom is 0.336 e. The molecule has 162 valence electrons. The Hall–Kier alpha value is -3.38. The van der Waals surface area contributed by atoms with Gasteiger partial charge in [-0.25, -0.2) is 19.2 Å². The number of imidazole rings is 1. The van der Waals surface area contributed by atoms with Crippen molar-refractivity contribution in [1.82, 2.24) is 20.3 Å². The molecule has 3 heterocycles. The number of aliphatic carboxylic acids is 1. The van der Waals surface area contributed by atoms with Gasteiger partial charge in [-0.1, -0.05) is 18.3 Å². The minimum Gasteiger partial charge on any atom is -0.479 e. The standard InChI is InChI=1S/C19H18FN5O5S/c1-2-19(6-10-7-21-8-22-10,25-15(26)13-14(30-13)16(27)28)17(29)24-18-23-11-4-3-9(20)5-12(11)31-18/h3-5,7-8,13-14H,2,6H2,1H3,(H,21,22)(H,25,26)(H,27,28)(H,23,24,29). The monoisotopic (exact) mass is 447 g/mol. The Morgan fingerprint density at radius 1 is 1.35 bits per heavy atom. The molecule has 0 saturated carbocycles. The molecule has 0 radical (unpaired) electrons. The molecule has 1 aliphatic rings. The molecule has 0 aliphatic carbocycles. The van der Waals surface area contributed by atoms with Crippen LogP contribution >= 0.6 is 11.3 Å². The summed E-state index contributed by atoms with van der Waals surface area (Å²) in [6, 6.07) is 4.10. The molecule has 1 aromatic carbocycles. The lowest BCUT2D eigenvalue weighted by molar-refractivity contribution is -0.138. The second-order valence-electron chi connectivity index (χ2n) is 7.08. The van der Waals surface area contributed by atoms with Crippen molar-refractivity contribution in [2.75, 3.05) is 5.32 Å². The predicted molar refractivity (Wildman–Crippen MR) is 108 cm³/mol. The van der Waals surface area contributed by atoms with Crippen LogP contribution in [0, 0.1) is 5.82 Å². The number of rotatable bonds is 8. The summed E-state index contributed by atoms with van der Waals surface area (Å²) in [6.45, 7) is 1.71. The molecule has 3 atom stereocenters. The summed E-state index contributed by atoms with van der Waals surface area (Å²) in [4.78, 5) is 48.0. The minimum atomic E-state index is -1.43. The summed E-state index contributed by atoms with van der Waals surface area (Å²) in [5, 5.41) is 14.6. The van der Waals surface area contributed by atoms with Crippen molar-refractivity contribution < 1.29 is 28.6 Å². The number of carbonyl (C=O) groups is 3. The number of hydrogen-bond acceptors (Lipinski definition) is 7. The van der Waals surface area contributed by atoms with E-state index >= 15 is 0 Å². The molecular weight excluding hydrogens is 429 g/mol.